The van der Waals surface area contributed by atoms with Crippen LogP contribution >= 0.6 is 34.2 Å². The lowest BCUT2D eigenvalue weighted by atomic mass is 10.3. The van der Waals surface area contributed by atoms with Gasteiger partial charge in [-0.25, -0.2) is 8.42 Å². The fourth-order valence-electron chi connectivity index (χ4n) is 1.42. The zero-order chi connectivity index (χ0) is 14.0. The van der Waals surface area contributed by atoms with Crippen LogP contribution in [0.3, 0.4) is 0 Å². The predicted molar refractivity (Wildman–Crippen MR) is 85.8 cm³/mol. The third-order valence-corrected chi connectivity index (χ3v) is 4.82. The molecule has 0 aromatic heterocycles. The largest absolute Gasteiger partial charge is 0.398 e. The quantitative estimate of drug-likeness (QED) is 0.604. The molecule has 0 aliphatic heterocycles. The molecule has 0 amide bonds. The van der Waals surface area contributed by atoms with Crippen LogP contribution in [0.2, 0.25) is 5.02 Å². The standard InChI is InChI=1S/C12H10ClIN2O2S/c13-11-7-9(3-6-12(11)15)16-19(17,18)10-4-1-8(14)2-5-10/h1-7,16H,15H2. The van der Waals surface area contributed by atoms with Gasteiger partial charge in [-0.05, 0) is 65.1 Å². The van der Waals surface area contributed by atoms with Crippen molar-refractivity contribution in [1.82, 2.24) is 0 Å². The second-order valence-corrected chi connectivity index (χ2v) is 7.13. The third-order valence-electron chi connectivity index (χ3n) is 2.38. The second kappa shape index (κ2) is 5.56. The van der Waals surface area contributed by atoms with Crippen molar-refractivity contribution in [3.05, 3.63) is 51.1 Å². The molecule has 2 aromatic carbocycles. The summed E-state index contributed by atoms with van der Waals surface area (Å²) in [4.78, 5) is 0.195. The fraction of sp³-hybridized carbons (Fsp3) is 0. The smallest absolute Gasteiger partial charge is 0.261 e. The van der Waals surface area contributed by atoms with Crippen molar-refractivity contribution in [2.45, 2.75) is 4.90 Å². The molecule has 4 nitrogen and oxygen atoms in total. The first kappa shape index (κ1) is 14.4. The molecule has 2 aromatic rings. The first-order chi connectivity index (χ1) is 8.88. The van der Waals surface area contributed by atoms with Crippen LogP contribution in [0.15, 0.2) is 47.4 Å². The second-order valence-electron chi connectivity index (χ2n) is 3.80. The molecule has 0 unspecified atom stereocenters. The maximum absolute atomic E-state index is 12.1. The molecule has 0 aliphatic rings. The maximum atomic E-state index is 12.1. The normalized spacial score (nSPS) is 11.3. The first-order valence-electron chi connectivity index (χ1n) is 5.22. The summed E-state index contributed by atoms with van der Waals surface area (Å²) in [6.07, 6.45) is 0. The van der Waals surface area contributed by atoms with E-state index in [1.165, 1.54) is 6.07 Å². The highest BCUT2D eigenvalue weighted by atomic mass is 127. The lowest BCUT2D eigenvalue weighted by Crippen LogP contribution is -2.12. The van der Waals surface area contributed by atoms with Gasteiger partial charge in [0.1, 0.15) is 0 Å². The van der Waals surface area contributed by atoms with Crippen LogP contribution in [0.5, 0.6) is 0 Å². The number of hydrogen-bond donors (Lipinski definition) is 2. The average Bonchev–Trinajstić information content (AvgIpc) is 2.34. The number of hydrogen-bond acceptors (Lipinski definition) is 3. The van der Waals surface area contributed by atoms with E-state index >= 15 is 0 Å². The van der Waals surface area contributed by atoms with Gasteiger partial charge in [0.2, 0.25) is 0 Å². The molecule has 0 bridgehead atoms. The van der Waals surface area contributed by atoms with Crippen LogP contribution in [0.25, 0.3) is 0 Å². The van der Waals surface area contributed by atoms with Crippen molar-refractivity contribution in [3.8, 4) is 0 Å². The Morgan fingerprint density at radius 3 is 2.32 bits per heavy atom. The Bertz CT molecular complexity index is 702. The highest BCUT2D eigenvalue weighted by Crippen LogP contribution is 2.24. The Balaban J connectivity index is 2.30. The van der Waals surface area contributed by atoms with Crippen LogP contribution < -0.4 is 10.5 Å². The minimum absolute atomic E-state index is 0.195. The molecule has 0 atom stereocenters. The van der Waals surface area contributed by atoms with Crippen LogP contribution in [-0.2, 0) is 10.0 Å². The van der Waals surface area contributed by atoms with Gasteiger partial charge < -0.3 is 5.73 Å². The number of nitrogens with two attached hydrogens (primary N) is 1. The van der Waals surface area contributed by atoms with Crippen molar-refractivity contribution in [2.75, 3.05) is 10.5 Å². The van der Waals surface area contributed by atoms with E-state index in [2.05, 4.69) is 27.3 Å². The Morgan fingerprint density at radius 1 is 1.11 bits per heavy atom. The highest BCUT2D eigenvalue weighted by molar-refractivity contribution is 14.1. The molecule has 0 heterocycles. The lowest BCUT2D eigenvalue weighted by Gasteiger charge is -2.09. The van der Waals surface area contributed by atoms with E-state index in [1.54, 1.807) is 36.4 Å². The number of nitrogen functional groups attached to an aromatic ring is 1. The third kappa shape index (κ3) is 3.52. The average molecular weight is 409 g/mol. The summed E-state index contributed by atoms with van der Waals surface area (Å²) in [7, 11) is -3.61. The molecule has 7 heteroatoms. The van der Waals surface area contributed by atoms with Crippen molar-refractivity contribution in [2.24, 2.45) is 0 Å². The Morgan fingerprint density at radius 2 is 1.74 bits per heavy atom. The topological polar surface area (TPSA) is 72.2 Å². The molecule has 0 saturated carbocycles. The maximum Gasteiger partial charge on any atom is 0.261 e. The Hall–Kier alpha value is -0.990. The van der Waals surface area contributed by atoms with Gasteiger partial charge in [0.05, 0.1) is 21.3 Å². The summed E-state index contributed by atoms with van der Waals surface area (Å²) in [5.74, 6) is 0. The number of rotatable bonds is 3. The molecule has 0 radical (unpaired) electrons. The molecule has 2 rings (SSSR count). The van der Waals surface area contributed by atoms with Crippen molar-refractivity contribution in [1.29, 1.82) is 0 Å². The van der Waals surface area contributed by atoms with Gasteiger partial charge >= 0.3 is 0 Å². The zero-order valence-electron chi connectivity index (χ0n) is 9.60. The lowest BCUT2D eigenvalue weighted by molar-refractivity contribution is 0.601. The molecule has 0 saturated heterocycles. The Labute approximate surface area is 130 Å². The molecule has 0 aliphatic carbocycles. The molecule has 0 spiro atoms. The summed E-state index contributed by atoms with van der Waals surface area (Å²) in [5.41, 5.74) is 6.34. The fourth-order valence-corrected chi connectivity index (χ4v) is 3.01. The van der Waals surface area contributed by atoms with Crippen LogP contribution in [-0.4, -0.2) is 8.42 Å². The minimum Gasteiger partial charge on any atom is -0.398 e. The van der Waals surface area contributed by atoms with Crippen molar-refractivity contribution >= 4 is 55.6 Å². The van der Waals surface area contributed by atoms with E-state index in [9.17, 15) is 8.42 Å². The summed E-state index contributed by atoms with van der Waals surface area (Å²) in [5, 5.41) is 0.308. The predicted octanol–water partition coefficient (Wildman–Crippen LogP) is 3.33. The molecular formula is C12H10ClIN2O2S. The highest BCUT2D eigenvalue weighted by Gasteiger charge is 2.14. The zero-order valence-corrected chi connectivity index (χ0v) is 13.3. The van der Waals surface area contributed by atoms with E-state index in [0.717, 1.165) is 3.57 Å². The number of anilines is 2. The van der Waals surface area contributed by atoms with E-state index in [1.807, 2.05) is 0 Å². The summed E-state index contributed by atoms with van der Waals surface area (Å²) in [6, 6.07) is 11.1. The van der Waals surface area contributed by atoms with Gasteiger partial charge in [-0.15, -0.1) is 0 Å². The van der Waals surface area contributed by atoms with E-state index in [4.69, 9.17) is 17.3 Å². The van der Waals surface area contributed by atoms with E-state index in [-0.39, 0.29) is 4.90 Å². The van der Waals surface area contributed by atoms with Gasteiger partial charge in [0.15, 0.2) is 0 Å². The molecule has 3 N–H and O–H groups in total. The van der Waals surface area contributed by atoms with Gasteiger partial charge in [0, 0.05) is 3.57 Å². The molecule has 0 fully saturated rings. The van der Waals surface area contributed by atoms with E-state index < -0.39 is 10.0 Å². The summed E-state index contributed by atoms with van der Waals surface area (Å²) in [6.45, 7) is 0. The van der Waals surface area contributed by atoms with Gasteiger partial charge in [0.25, 0.3) is 10.0 Å². The molecular weight excluding hydrogens is 399 g/mol. The monoisotopic (exact) mass is 408 g/mol. The first-order valence-corrected chi connectivity index (χ1v) is 8.16. The Kier molecular flexibility index (Phi) is 4.22. The molecule has 100 valence electrons. The van der Waals surface area contributed by atoms with Crippen molar-refractivity contribution in [3.63, 3.8) is 0 Å². The number of nitrogens with one attached hydrogen (secondary N) is 1. The van der Waals surface area contributed by atoms with Crippen LogP contribution in [0.1, 0.15) is 0 Å². The van der Waals surface area contributed by atoms with Crippen molar-refractivity contribution < 1.29 is 8.42 Å². The summed E-state index contributed by atoms with van der Waals surface area (Å²) >= 11 is 7.96. The van der Waals surface area contributed by atoms with Gasteiger partial charge in [-0.2, -0.15) is 0 Å². The SMILES string of the molecule is Nc1ccc(NS(=O)(=O)c2ccc(I)cc2)cc1Cl. The minimum atomic E-state index is -3.61. The summed E-state index contributed by atoms with van der Waals surface area (Å²) < 4.78 is 27.7. The number of sulfonamides is 1. The van der Waals surface area contributed by atoms with Crippen LogP contribution in [0, 0.1) is 3.57 Å². The van der Waals surface area contributed by atoms with Crippen LogP contribution in [0.4, 0.5) is 11.4 Å². The number of halogens is 2. The van der Waals surface area contributed by atoms with E-state index in [0.29, 0.717) is 16.4 Å². The van der Waals surface area contributed by atoms with Gasteiger partial charge in [-0.1, -0.05) is 11.6 Å². The number of benzene rings is 2. The molecule has 19 heavy (non-hydrogen) atoms. The van der Waals surface area contributed by atoms with Gasteiger partial charge in [-0.3, -0.25) is 4.72 Å².